The summed E-state index contributed by atoms with van der Waals surface area (Å²) >= 11 is 6.87. The number of anilines is 1. The molecule has 0 aliphatic heterocycles. The molecule has 0 radical (unpaired) electrons. The van der Waals surface area contributed by atoms with Crippen LogP contribution in [-0.4, -0.2) is 21.3 Å². The summed E-state index contributed by atoms with van der Waals surface area (Å²) in [6, 6.07) is 10.5. The number of rotatable bonds is 4. The van der Waals surface area contributed by atoms with E-state index in [-0.39, 0.29) is 21.8 Å². The van der Waals surface area contributed by atoms with Crippen molar-refractivity contribution < 1.29 is 9.18 Å². The summed E-state index contributed by atoms with van der Waals surface area (Å²) in [5.41, 5.74) is 0.402. The lowest BCUT2D eigenvalue weighted by atomic mass is 10.2. The third-order valence-corrected chi connectivity index (χ3v) is 4.58. The van der Waals surface area contributed by atoms with Crippen molar-refractivity contribution in [2.24, 2.45) is 0 Å². The SMILES string of the molecule is Nn1c(SCC(=O)Nc2ccc(F)cc2Cl)nc2ccccc2c1=O. The number of nitrogen functional groups attached to an aromatic ring is 1. The Morgan fingerprint density at radius 1 is 1.32 bits per heavy atom. The number of carbonyl (C=O) groups excluding carboxylic acids is 1. The molecule has 0 spiro atoms. The van der Waals surface area contributed by atoms with E-state index in [2.05, 4.69) is 10.3 Å². The van der Waals surface area contributed by atoms with Crippen LogP contribution in [0.15, 0.2) is 52.4 Å². The molecule has 1 amide bonds. The molecule has 1 heterocycles. The van der Waals surface area contributed by atoms with Crippen LogP contribution in [0.2, 0.25) is 5.02 Å². The van der Waals surface area contributed by atoms with Crippen LogP contribution in [0.25, 0.3) is 10.9 Å². The Bertz CT molecular complexity index is 1020. The molecule has 0 aliphatic carbocycles. The van der Waals surface area contributed by atoms with E-state index in [0.717, 1.165) is 22.5 Å². The van der Waals surface area contributed by atoms with E-state index in [1.165, 1.54) is 12.1 Å². The average molecular weight is 379 g/mol. The normalized spacial score (nSPS) is 10.8. The van der Waals surface area contributed by atoms with Gasteiger partial charge in [0.05, 0.1) is 27.4 Å². The molecule has 0 bridgehead atoms. The van der Waals surface area contributed by atoms with Gasteiger partial charge in [0.1, 0.15) is 5.82 Å². The Hall–Kier alpha value is -2.58. The Morgan fingerprint density at radius 3 is 2.84 bits per heavy atom. The first kappa shape index (κ1) is 17.2. The third kappa shape index (κ3) is 3.75. The van der Waals surface area contributed by atoms with Crippen molar-refractivity contribution >= 4 is 45.9 Å². The Labute approximate surface area is 150 Å². The van der Waals surface area contributed by atoms with Gasteiger partial charge in [-0.3, -0.25) is 9.59 Å². The summed E-state index contributed by atoms with van der Waals surface area (Å²) in [7, 11) is 0. The van der Waals surface area contributed by atoms with Crippen LogP contribution in [0.5, 0.6) is 0 Å². The number of thioether (sulfide) groups is 1. The van der Waals surface area contributed by atoms with E-state index >= 15 is 0 Å². The monoisotopic (exact) mass is 378 g/mol. The van der Waals surface area contributed by atoms with Crippen LogP contribution in [0, 0.1) is 5.82 Å². The maximum Gasteiger partial charge on any atom is 0.280 e. The molecular weight excluding hydrogens is 367 g/mol. The second kappa shape index (κ2) is 7.12. The standard InChI is InChI=1S/C16H12ClFN4O2S/c17-11-7-9(18)5-6-13(11)20-14(23)8-25-16-21-12-4-2-1-3-10(12)15(24)22(16)19/h1-7H,8,19H2,(H,20,23). The van der Waals surface area contributed by atoms with Gasteiger partial charge in [0.25, 0.3) is 5.56 Å². The lowest BCUT2D eigenvalue weighted by Gasteiger charge is -2.09. The summed E-state index contributed by atoms with van der Waals surface area (Å²) in [6.45, 7) is 0. The first-order valence-electron chi connectivity index (χ1n) is 7.10. The first-order chi connectivity index (χ1) is 12.0. The van der Waals surface area contributed by atoms with E-state index in [1.54, 1.807) is 24.3 Å². The summed E-state index contributed by atoms with van der Waals surface area (Å²) < 4.78 is 13.9. The van der Waals surface area contributed by atoms with Crippen LogP contribution in [0.4, 0.5) is 10.1 Å². The van der Waals surface area contributed by atoms with Crippen molar-refractivity contribution in [3.8, 4) is 0 Å². The van der Waals surface area contributed by atoms with Crippen molar-refractivity contribution in [3.63, 3.8) is 0 Å². The van der Waals surface area contributed by atoms with Crippen LogP contribution < -0.4 is 16.7 Å². The Morgan fingerprint density at radius 2 is 2.08 bits per heavy atom. The first-order valence-corrected chi connectivity index (χ1v) is 8.46. The molecule has 0 aliphatic rings. The highest BCUT2D eigenvalue weighted by Crippen LogP contribution is 2.23. The van der Waals surface area contributed by atoms with Gasteiger partial charge in [-0.25, -0.2) is 14.1 Å². The molecule has 1 aromatic heterocycles. The number of hydrogen-bond acceptors (Lipinski definition) is 5. The lowest BCUT2D eigenvalue weighted by molar-refractivity contribution is -0.113. The van der Waals surface area contributed by atoms with Gasteiger partial charge in [-0.2, -0.15) is 0 Å². The zero-order valence-corrected chi connectivity index (χ0v) is 14.3. The molecule has 25 heavy (non-hydrogen) atoms. The molecule has 0 saturated carbocycles. The number of aromatic nitrogens is 2. The highest BCUT2D eigenvalue weighted by atomic mass is 35.5. The smallest absolute Gasteiger partial charge is 0.280 e. The molecule has 128 valence electrons. The van der Waals surface area contributed by atoms with E-state index < -0.39 is 11.4 Å². The Balaban J connectivity index is 1.75. The number of hydrogen-bond donors (Lipinski definition) is 2. The van der Waals surface area contributed by atoms with E-state index in [4.69, 9.17) is 17.4 Å². The molecule has 0 unspecified atom stereocenters. The van der Waals surface area contributed by atoms with Gasteiger partial charge in [0, 0.05) is 0 Å². The Kier molecular flexibility index (Phi) is 4.91. The predicted molar refractivity (Wildman–Crippen MR) is 96.9 cm³/mol. The minimum absolute atomic E-state index is 0.0459. The van der Waals surface area contributed by atoms with Gasteiger partial charge in [-0.1, -0.05) is 35.5 Å². The average Bonchev–Trinajstić information content (AvgIpc) is 2.59. The van der Waals surface area contributed by atoms with Gasteiger partial charge < -0.3 is 11.2 Å². The van der Waals surface area contributed by atoms with E-state index in [1.807, 2.05) is 0 Å². The number of carbonyl (C=O) groups is 1. The van der Waals surface area contributed by atoms with Crippen LogP contribution >= 0.6 is 23.4 Å². The number of fused-ring (bicyclic) bond motifs is 1. The maximum atomic E-state index is 13.0. The molecular formula is C16H12ClFN4O2S. The van der Waals surface area contributed by atoms with Crippen LogP contribution in [0.3, 0.4) is 0 Å². The number of amides is 1. The molecule has 0 atom stereocenters. The number of benzene rings is 2. The number of nitrogens with zero attached hydrogens (tertiary/aromatic N) is 2. The minimum Gasteiger partial charge on any atom is -0.334 e. The third-order valence-electron chi connectivity index (χ3n) is 3.31. The fourth-order valence-electron chi connectivity index (χ4n) is 2.13. The highest BCUT2D eigenvalue weighted by Gasteiger charge is 2.12. The molecule has 9 heteroatoms. The second-order valence-electron chi connectivity index (χ2n) is 5.05. The quantitative estimate of drug-likeness (QED) is 0.414. The zero-order chi connectivity index (χ0) is 18.0. The van der Waals surface area contributed by atoms with Gasteiger partial charge in [-0.05, 0) is 30.3 Å². The number of halogens is 2. The van der Waals surface area contributed by atoms with Crippen molar-refractivity contribution in [3.05, 3.63) is 63.7 Å². The summed E-state index contributed by atoms with van der Waals surface area (Å²) in [5.74, 6) is 4.83. The zero-order valence-electron chi connectivity index (χ0n) is 12.7. The summed E-state index contributed by atoms with van der Waals surface area (Å²) in [5, 5.41) is 3.27. The van der Waals surface area contributed by atoms with E-state index in [9.17, 15) is 14.0 Å². The van der Waals surface area contributed by atoms with Gasteiger partial charge >= 0.3 is 0 Å². The predicted octanol–water partition coefficient (Wildman–Crippen LogP) is 2.63. The minimum atomic E-state index is -0.495. The maximum absolute atomic E-state index is 13.0. The van der Waals surface area contributed by atoms with Crippen molar-refractivity contribution in [2.45, 2.75) is 5.16 Å². The van der Waals surface area contributed by atoms with Crippen LogP contribution in [-0.2, 0) is 4.79 Å². The highest BCUT2D eigenvalue weighted by molar-refractivity contribution is 7.99. The second-order valence-corrected chi connectivity index (χ2v) is 6.40. The number of nitrogens with one attached hydrogen (secondary N) is 1. The molecule has 3 N–H and O–H groups in total. The fourth-order valence-corrected chi connectivity index (χ4v) is 3.07. The largest absolute Gasteiger partial charge is 0.334 e. The molecule has 0 fully saturated rings. The molecule has 3 aromatic rings. The number of para-hydroxylation sites is 1. The fraction of sp³-hybridized carbons (Fsp3) is 0.0625. The van der Waals surface area contributed by atoms with Crippen molar-refractivity contribution in [1.29, 1.82) is 0 Å². The molecule has 6 nitrogen and oxygen atoms in total. The van der Waals surface area contributed by atoms with Crippen molar-refractivity contribution in [2.75, 3.05) is 16.9 Å². The van der Waals surface area contributed by atoms with E-state index in [0.29, 0.717) is 16.6 Å². The summed E-state index contributed by atoms with van der Waals surface area (Å²) in [4.78, 5) is 28.5. The topological polar surface area (TPSA) is 90.0 Å². The van der Waals surface area contributed by atoms with Crippen molar-refractivity contribution in [1.82, 2.24) is 9.66 Å². The molecule has 0 saturated heterocycles. The van der Waals surface area contributed by atoms with Gasteiger partial charge in [0.2, 0.25) is 5.91 Å². The molecule has 2 aromatic carbocycles. The lowest BCUT2D eigenvalue weighted by Crippen LogP contribution is -2.30. The number of nitrogens with two attached hydrogens (primary N) is 1. The van der Waals surface area contributed by atoms with Gasteiger partial charge in [-0.15, -0.1) is 0 Å². The summed E-state index contributed by atoms with van der Waals surface area (Å²) in [6.07, 6.45) is 0. The molecule has 3 rings (SSSR count). The van der Waals surface area contributed by atoms with Crippen LogP contribution in [0.1, 0.15) is 0 Å². The van der Waals surface area contributed by atoms with Gasteiger partial charge in [0.15, 0.2) is 5.16 Å².